The van der Waals surface area contributed by atoms with E-state index in [0.717, 1.165) is 16.6 Å². The number of H-pyrrole nitrogens is 2. The fourth-order valence-corrected chi connectivity index (χ4v) is 3.73. The van der Waals surface area contributed by atoms with Gasteiger partial charge in [0.2, 0.25) is 0 Å². The van der Waals surface area contributed by atoms with E-state index < -0.39 is 0 Å². The van der Waals surface area contributed by atoms with E-state index in [1.165, 1.54) is 10.5 Å². The van der Waals surface area contributed by atoms with E-state index in [1.807, 2.05) is 30.3 Å². The number of benzene rings is 2. The molecule has 0 spiro atoms. The summed E-state index contributed by atoms with van der Waals surface area (Å²) >= 11 is 5.49. The molecular weight excluding hydrogens is 336 g/mol. The molecular formula is C15H13BrN2OS. The zero-order valence-electron chi connectivity index (χ0n) is 10.8. The van der Waals surface area contributed by atoms with Crippen LogP contribution in [0.1, 0.15) is 16.0 Å². The SMILES string of the molecule is CSc1ccccc1C(Br)c1ccc2[nH]c(=O)[nH]c2c1. The van der Waals surface area contributed by atoms with Gasteiger partial charge in [-0.25, -0.2) is 4.79 Å². The average molecular weight is 349 g/mol. The lowest BCUT2D eigenvalue weighted by Gasteiger charge is -2.14. The summed E-state index contributed by atoms with van der Waals surface area (Å²) in [5.74, 6) is 0. The van der Waals surface area contributed by atoms with E-state index in [-0.39, 0.29) is 10.5 Å². The number of alkyl halides is 1. The van der Waals surface area contributed by atoms with Gasteiger partial charge in [0.05, 0.1) is 15.9 Å². The quantitative estimate of drug-likeness (QED) is 0.553. The summed E-state index contributed by atoms with van der Waals surface area (Å²) < 4.78 is 0. The van der Waals surface area contributed by atoms with Crippen molar-refractivity contribution in [1.82, 2.24) is 9.97 Å². The molecule has 3 nitrogen and oxygen atoms in total. The van der Waals surface area contributed by atoms with Gasteiger partial charge in [-0.05, 0) is 35.6 Å². The molecule has 3 aromatic rings. The molecule has 0 radical (unpaired) electrons. The van der Waals surface area contributed by atoms with Crippen LogP contribution in [0.3, 0.4) is 0 Å². The predicted octanol–water partition coefficient (Wildman–Crippen LogP) is 4.06. The molecule has 2 N–H and O–H groups in total. The van der Waals surface area contributed by atoms with Crippen LogP contribution in [0.5, 0.6) is 0 Å². The zero-order chi connectivity index (χ0) is 14.1. The smallest absolute Gasteiger partial charge is 0.306 e. The number of fused-ring (bicyclic) bond motifs is 1. The van der Waals surface area contributed by atoms with Crippen molar-refractivity contribution in [3.8, 4) is 0 Å². The first-order valence-corrected chi connectivity index (χ1v) is 8.32. The van der Waals surface area contributed by atoms with Gasteiger partial charge in [-0.3, -0.25) is 0 Å². The molecule has 1 atom stereocenters. The Labute approximate surface area is 128 Å². The van der Waals surface area contributed by atoms with Gasteiger partial charge in [0, 0.05) is 4.90 Å². The molecule has 3 rings (SSSR count). The highest BCUT2D eigenvalue weighted by Gasteiger charge is 2.14. The standard InChI is InChI=1S/C15H13BrN2OS/c1-20-13-5-3-2-4-10(13)14(16)9-6-7-11-12(8-9)18-15(19)17-11/h2-8,14H,1H3,(H2,17,18,19). The summed E-state index contributed by atoms with van der Waals surface area (Å²) in [4.78, 5) is 18.2. The Hall–Kier alpha value is -1.46. The second kappa shape index (κ2) is 5.50. The number of hydrogen-bond acceptors (Lipinski definition) is 2. The van der Waals surface area contributed by atoms with Crippen LogP contribution >= 0.6 is 27.7 Å². The fourth-order valence-electron chi connectivity index (χ4n) is 2.26. The Morgan fingerprint density at radius 2 is 1.85 bits per heavy atom. The largest absolute Gasteiger partial charge is 0.323 e. The summed E-state index contributed by atoms with van der Waals surface area (Å²) in [6.07, 6.45) is 2.07. The molecule has 5 heteroatoms. The minimum atomic E-state index is -0.173. The zero-order valence-corrected chi connectivity index (χ0v) is 13.2. The number of nitrogens with one attached hydrogen (secondary N) is 2. The maximum Gasteiger partial charge on any atom is 0.323 e. The molecule has 0 amide bonds. The number of thioether (sulfide) groups is 1. The number of rotatable bonds is 3. The van der Waals surface area contributed by atoms with Crippen molar-refractivity contribution in [2.75, 3.05) is 6.26 Å². The van der Waals surface area contributed by atoms with Crippen LogP contribution in [0.15, 0.2) is 52.2 Å². The molecule has 1 aromatic heterocycles. The average Bonchev–Trinajstić information content (AvgIpc) is 2.85. The van der Waals surface area contributed by atoms with Gasteiger partial charge in [-0.1, -0.05) is 40.2 Å². The Balaban J connectivity index is 2.07. The van der Waals surface area contributed by atoms with Gasteiger partial charge in [-0.2, -0.15) is 0 Å². The third-order valence-corrected chi connectivity index (χ3v) is 5.08. The molecule has 0 saturated heterocycles. The number of imidazole rings is 1. The highest BCUT2D eigenvalue weighted by molar-refractivity contribution is 9.09. The molecule has 0 aliphatic rings. The van der Waals surface area contributed by atoms with Crippen molar-refractivity contribution in [3.63, 3.8) is 0 Å². The third kappa shape index (κ3) is 2.43. The minimum Gasteiger partial charge on any atom is -0.306 e. The maximum atomic E-state index is 11.3. The summed E-state index contributed by atoms with van der Waals surface area (Å²) in [6, 6.07) is 14.3. The normalized spacial score (nSPS) is 12.7. The first-order valence-electron chi connectivity index (χ1n) is 6.18. The van der Waals surface area contributed by atoms with Crippen molar-refractivity contribution in [2.45, 2.75) is 9.72 Å². The van der Waals surface area contributed by atoms with Crippen LogP contribution in [0.4, 0.5) is 0 Å². The van der Waals surface area contributed by atoms with Crippen molar-refractivity contribution in [1.29, 1.82) is 0 Å². The van der Waals surface area contributed by atoms with Gasteiger partial charge < -0.3 is 9.97 Å². The summed E-state index contributed by atoms with van der Waals surface area (Å²) in [7, 11) is 0. The van der Waals surface area contributed by atoms with Crippen LogP contribution in [-0.2, 0) is 0 Å². The van der Waals surface area contributed by atoms with Crippen molar-refractivity contribution in [2.24, 2.45) is 0 Å². The van der Waals surface area contributed by atoms with Gasteiger partial charge in [0.25, 0.3) is 0 Å². The Morgan fingerprint density at radius 1 is 1.10 bits per heavy atom. The summed E-state index contributed by atoms with van der Waals surface area (Å²) in [6.45, 7) is 0. The van der Waals surface area contributed by atoms with E-state index in [1.54, 1.807) is 11.8 Å². The van der Waals surface area contributed by atoms with Crippen molar-refractivity contribution < 1.29 is 0 Å². The molecule has 20 heavy (non-hydrogen) atoms. The molecule has 0 aliphatic carbocycles. The summed E-state index contributed by atoms with van der Waals surface area (Å²) in [5, 5.41) is 0. The van der Waals surface area contributed by atoms with Gasteiger partial charge in [0.1, 0.15) is 0 Å². The molecule has 102 valence electrons. The second-order valence-electron chi connectivity index (χ2n) is 4.49. The monoisotopic (exact) mass is 348 g/mol. The van der Waals surface area contributed by atoms with E-state index in [9.17, 15) is 4.79 Å². The molecule has 0 fully saturated rings. The topological polar surface area (TPSA) is 48.6 Å². The van der Waals surface area contributed by atoms with Gasteiger partial charge in [0.15, 0.2) is 0 Å². The van der Waals surface area contributed by atoms with Gasteiger partial charge in [-0.15, -0.1) is 11.8 Å². The number of halogens is 1. The highest BCUT2D eigenvalue weighted by Crippen LogP contribution is 2.36. The van der Waals surface area contributed by atoms with E-state index in [0.29, 0.717) is 0 Å². The third-order valence-electron chi connectivity index (χ3n) is 3.24. The number of hydrogen-bond donors (Lipinski definition) is 2. The maximum absolute atomic E-state index is 11.3. The van der Waals surface area contributed by atoms with Crippen molar-refractivity contribution >= 4 is 38.7 Å². The van der Waals surface area contributed by atoms with Crippen LogP contribution in [-0.4, -0.2) is 16.2 Å². The molecule has 0 bridgehead atoms. The molecule has 2 aromatic carbocycles. The van der Waals surface area contributed by atoms with Crippen LogP contribution in [0.2, 0.25) is 0 Å². The van der Waals surface area contributed by atoms with Crippen LogP contribution in [0, 0.1) is 0 Å². The Morgan fingerprint density at radius 3 is 2.65 bits per heavy atom. The van der Waals surface area contributed by atoms with E-state index in [4.69, 9.17) is 0 Å². The second-order valence-corrected chi connectivity index (χ2v) is 6.25. The van der Waals surface area contributed by atoms with Gasteiger partial charge >= 0.3 is 5.69 Å². The van der Waals surface area contributed by atoms with Crippen LogP contribution in [0.25, 0.3) is 11.0 Å². The molecule has 0 saturated carbocycles. The summed E-state index contributed by atoms with van der Waals surface area (Å²) in [5.41, 5.74) is 3.84. The van der Waals surface area contributed by atoms with Crippen molar-refractivity contribution in [3.05, 3.63) is 64.1 Å². The number of aromatic amines is 2. The lowest BCUT2D eigenvalue weighted by atomic mass is 10.0. The first-order chi connectivity index (χ1) is 9.69. The van der Waals surface area contributed by atoms with E-state index in [2.05, 4.69) is 44.3 Å². The number of aromatic nitrogens is 2. The first kappa shape index (κ1) is 13.5. The molecule has 1 heterocycles. The van der Waals surface area contributed by atoms with Crippen LogP contribution < -0.4 is 5.69 Å². The molecule has 0 aliphatic heterocycles. The fraction of sp³-hybridized carbons (Fsp3) is 0.133. The predicted molar refractivity (Wildman–Crippen MR) is 87.9 cm³/mol. The Bertz CT molecular complexity index is 809. The Kier molecular flexibility index (Phi) is 3.72. The highest BCUT2D eigenvalue weighted by atomic mass is 79.9. The molecule has 1 unspecified atom stereocenters. The minimum absolute atomic E-state index is 0.106. The lowest BCUT2D eigenvalue weighted by molar-refractivity contribution is 1.12. The lowest BCUT2D eigenvalue weighted by Crippen LogP contribution is -1.99. The van der Waals surface area contributed by atoms with E-state index >= 15 is 0 Å².